The summed E-state index contributed by atoms with van der Waals surface area (Å²) in [7, 11) is 1.52. The fourth-order valence-corrected chi connectivity index (χ4v) is 4.42. The van der Waals surface area contributed by atoms with Gasteiger partial charge in [-0.05, 0) is 43.6 Å². The molecule has 1 aliphatic carbocycles. The topological polar surface area (TPSA) is 81.9 Å². The van der Waals surface area contributed by atoms with Crippen LogP contribution in [0.4, 0.5) is 14.5 Å². The predicted octanol–water partition coefficient (Wildman–Crippen LogP) is 5.59. The molecule has 1 aliphatic rings. The van der Waals surface area contributed by atoms with Crippen molar-refractivity contribution in [3.8, 4) is 5.75 Å². The number of halogens is 2. The Morgan fingerprint density at radius 3 is 2.42 bits per heavy atom. The van der Waals surface area contributed by atoms with Gasteiger partial charge in [0.15, 0.2) is 5.82 Å². The van der Waals surface area contributed by atoms with Crippen LogP contribution >= 0.6 is 0 Å². The average Bonchev–Trinajstić information content (AvgIpc) is 3.21. The number of methoxy groups -OCH3 is 1. The van der Waals surface area contributed by atoms with Gasteiger partial charge in [-0.25, -0.2) is 9.97 Å². The summed E-state index contributed by atoms with van der Waals surface area (Å²) in [6, 6.07) is 3.96. The number of rotatable bonds is 6. The summed E-state index contributed by atoms with van der Waals surface area (Å²) < 4.78 is 34.1. The van der Waals surface area contributed by atoms with Gasteiger partial charge in [0.05, 0.1) is 29.9 Å². The molecule has 2 aromatic heterocycles. The number of amides is 1. The number of anilines is 1. The minimum absolute atomic E-state index is 0.0720. The highest BCUT2D eigenvalue weighted by Gasteiger charge is 2.28. The molecule has 3 aromatic rings. The third-order valence-corrected chi connectivity index (χ3v) is 6.46. The Kier molecular flexibility index (Phi) is 6.32. The molecule has 0 radical (unpaired) electrons. The number of hydrogen-bond donors (Lipinski definition) is 1. The van der Waals surface area contributed by atoms with Gasteiger partial charge in [0, 0.05) is 37.0 Å². The molecule has 0 spiro atoms. The Labute approximate surface area is 191 Å². The summed E-state index contributed by atoms with van der Waals surface area (Å²) >= 11 is 0. The summed E-state index contributed by atoms with van der Waals surface area (Å²) in [5.74, 6) is -2.38. The second-order valence-corrected chi connectivity index (χ2v) is 9.17. The summed E-state index contributed by atoms with van der Waals surface area (Å²) in [5, 5.41) is 8.41. The lowest BCUT2D eigenvalue weighted by Gasteiger charge is -2.30. The van der Waals surface area contributed by atoms with E-state index < -0.39 is 17.7 Å². The van der Waals surface area contributed by atoms with E-state index in [-0.39, 0.29) is 5.56 Å². The number of nitrogens with zero attached hydrogens (tertiary/aromatic N) is 4. The molecule has 1 amide bonds. The summed E-state index contributed by atoms with van der Waals surface area (Å²) in [6.45, 7) is 5.28. The lowest BCUT2D eigenvalue weighted by atomic mass is 9.80. The Bertz CT molecular complexity index is 1130. The van der Waals surface area contributed by atoms with Crippen molar-refractivity contribution in [2.45, 2.75) is 58.4 Å². The molecule has 1 saturated carbocycles. The zero-order chi connectivity index (χ0) is 23.8. The van der Waals surface area contributed by atoms with Crippen molar-refractivity contribution in [1.29, 1.82) is 0 Å². The first-order valence-electron chi connectivity index (χ1n) is 11.2. The highest BCUT2D eigenvalue weighted by atomic mass is 19.3. The zero-order valence-corrected chi connectivity index (χ0v) is 19.3. The number of aromatic nitrogens is 4. The zero-order valence-electron chi connectivity index (χ0n) is 19.3. The molecule has 176 valence electrons. The number of ether oxygens (including phenoxy) is 1. The second kappa shape index (κ2) is 9.03. The van der Waals surface area contributed by atoms with Gasteiger partial charge in [0.25, 0.3) is 5.91 Å². The monoisotopic (exact) mass is 457 g/mol. The second-order valence-electron chi connectivity index (χ2n) is 9.17. The average molecular weight is 458 g/mol. The van der Waals surface area contributed by atoms with Gasteiger partial charge >= 0.3 is 5.92 Å². The molecule has 0 saturated heterocycles. The smallest absolute Gasteiger partial charge is 0.303 e. The maximum absolute atomic E-state index is 13.3. The molecule has 1 aromatic carbocycles. The van der Waals surface area contributed by atoms with Crippen molar-refractivity contribution < 1.29 is 18.3 Å². The van der Waals surface area contributed by atoms with Crippen LogP contribution < -0.4 is 10.1 Å². The van der Waals surface area contributed by atoms with E-state index in [0.717, 1.165) is 42.1 Å². The van der Waals surface area contributed by atoms with Crippen LogP contribution in [0.2, 0.25) is 0 Å². The van der Waals surface area contributed by atoms with E-state index in [4.69, 9.17) is 9.84 Å². The number of benzene rings is 1. The molecule has 7 nitrogen and oxygen atoms in total. The lowest BCUT2D eigenvalue weighted by molar-refractivity contribution is 0.00760. The van der Waals surface area contributed by atoms with Crippen LogP contribution in [-0.2, 0) is 5.92 Å². The quantitative estimate of drug-likeness (QED) is 0.522. The van der Waals surface area contributed by atoms with Gasteiger partial charge in [-0.1, -0.05) is 13.8 Å². The van der Waals surface area contributed by atoms with E-state index >= 15 is 0 Å². The molecule has 9 heteroatoms. The minimum Gasteiger partial charge on any atom is -0.494 e. The van der Waals surface area contributed by atoms with Crippen molar-refractivity contribution in [2.24, 2.45) is 11.8 Å². The first-order valence-corrected chi connectivity index (χ1v) is 11.2. The molecule has 0 atom stereocenters. The molecular formula is C24H29F2N5O2. The van der Waals surface area contributed by atoms with Gasteiger partial charge in [-0.15, -0.1) is 0 Å². The van der Waals surface area contributed by atoms with Crippen LogP contribution in [0, 0.1) is 11.8 Å². The number of fused-ring (bicyclic) bond motifs is 1. The van der Waals surface area contributed by atoms with Crippen LogP contribution in [0.15, 0.2) is 30.7 Å². The Hall–Kier alpha value is -3.10. The molecular weight excluding hydrogens is 428 g/mol. The van der Waals surface area contributed by atoms with Gasteiger partial charge in [0.1, 0.15) is 5.75 Å². The Morgan fingerprint density at radius 2 is 1.85 bits per heavy atom. The van der Waals surface area contributed by atoms with E-state index in [1.54, 1.807) is 6.07 Å². The fraction of sp³-hybridized carbons (Fsp3) is 0.500. The number of carbonyl (C=O) groups is 1. The standard InChI is InChI=1S/C24H29F2N5O2/c1-14(2)15-5-7-18(8-6-15)31-13-16-9-20(21(33-4)10-19(16)30-31)29-22(32)17-11-27-23(28-12-17)24(3,25)26/h9-15,18H,5-8H2,1-4H3,(H,29,32)/t15-,18-. The first-order chi connectivity index (χ1) is 15.7. The van der Waals surface area contributed by atoms with E-state index in [1.807, 2.05) is 16.9 Å². The SMILES string of the molecule is COc1cc2nn([C@H]3CC[C@H](C(C)C)CC3)cc2cc1NC(=O)c1cnc(C(C)(F)F)nc1. The van der Waals surface area contributed by atoms with Crippen molar-refractivity contribution in [1.82, 2.24) is 19.7 Å². The van der Waals surface area contributed by atoms with Crippen molar-refractivity contribution >= 4 is 22.5 Å². The maximum Gasteiger partial charge on any atom is 0.303 e. The number of nitrogens with one attached hydrogen (secondary N) is 1. The van der Waals surface area contributed by atoms with Gasteiger partial charge in [0.2, 0.25) is 0 Å². The van der Waals surface area contributed by atoms with Gasteiger partial charge in [-0.2, -0.15) is 13.9 Å². The normalized spacial score (nSPS) is 19.1. The van der Waals surface area contributed by atoms with Gasteiger partial charge < -0.3 is 10.1 Å². The fourth-order valence-electron chi connectivity index (χ4n) is 4.42. The third-order valence-electron chi connectivity index (χ3n) is 6.46. The third kappa shape index (κ3) is 4.96. The predicted molar refractivity (Wildman–Crippen MR) is 122 cm³/mol. The van der Waals surface area contributed by atoms with Crippen LogP contribution in [-0.4, -0.2) is 32.8 Å². The van der Waals surface area contributed by atoms with Crippen LogP contribution in [0.1, 0.15) is 68.7 Å². The molecule has 2 heterocycles. The highest BCUT2D eigenvalue weighted by Crippen LogP contribution is 2.37. The molecule has 1 fully saturated rings. The largest absolute Gasteiger partial charge is 0.494 e. The van der Waals surface area contributed by atoms with Crippen LogP contribution in [0.5, 0.6) is 5.75 Å². The van der Waals surface area contributed by atoms with Crippen LogP contribution in [0.25, 0.3) is 10.9 Å². The number of alkyl halides is 2. The highest BCUT2D eigenvalue weighted by molar-refractivity contribution is 6.05. The minimum atomic E-state index is -3.17. The molecule has 33 heavy (non-hydrogen) atoms. The van der Waals surface area contributed by atoms with Gasteiger partial charge in [-0.3, -0.25) is 9.48 Å². The molecule has 0 aliphatic heterocycles. The Morgan fingerprint density at radius 1 is 1.18 bits per heavy atom. The molecule has 1 N–H and O–H groups in total. The van der Waals surface area contributed by atoms with E-state index in [0.29, 0.717) is 30.3 Å². The number of hydrogen-bond acceptors (Lipinski definition) is 5. The van der Waals surface area contributed by atoms with E-state index in [1.165, 1.54) is 20.0 Å². The van der Waals surface area contributed by atoms with E-state index in [2.05, 4.69) is 29.1 Å². The maximum atomic E-state index is 13.3. The number of carbonyl (C=O) groups excluding carboxylic acids is 1. The lowest BCUT2D eigenvalue weighted by Crippen LogP contribution is -2.21. The van der Waals surface area contributed by atoms with Crippen molar-refractivity contribution in [3.63, 3.8) is 0 Å². The van der Waals surface area contributed by atoms with Crippen molar-refractivity contribution in [2.75, 3.05) is 12.4 Å². The van der Waals surface area contributed by atoms with E-state index in [9.17, 15) is 13.6 Å². The molecule has 0 bridgehead atoms. The van der Waals surface area contributed by atoms with Crippen LogP contribution in [0.3, 0.4) is 0 Å². The molecule has 0 unspecified atom stereocenters. The summed E-state index contributed by atoms with van der Waals surface area (Å²) in [5.41, 5.74) is 1.32. The Balaban J connectivity index is 1.54. The summed E-state index contributed by atoms with van der Waals surface area (Å²) in [6.07, 6.45) is 8.79. The first kappa shape index (κ1) is 23.1. The summed E-state index contributed by atoms with van der Waals surface area (Å²) in [4.78, 5) is 19.9. The molecule has 4 rings (SSSR count). The van der Waals surface area contributed by atoms with Crippen molar-refractivity contribution in [3.05, 3.63) is 42.1 Å².